The Morgan fingerprint density at radius 2 is 1.45 bits per heavy atom. The fourth-order valence-corrected chi connectivity index (χ4v) is 5.00. The topological polar surface area (TPSA) is 127 Å². The van der Waals surface area contributed by atoms with Gasteiger partial charge in [0.2, 0.25) is 0 Å². The molecule has 29 heavy (non-hydrogen) atoms. The SMILES string of the molecule is CCN(CC)c1c([N+](=O)[O-])cc(S(=O)(=O)N(C)Sc2ccccc2)cc1[N+](=O)[O-]. The fourth-order valence-electron chi connectivity index (χ4n) is 2.70. The van der Waals surface area contributed by atoms with Gasteiger partial charge in [-0.25, -0.2) is 8.42 Å². The lowest BCUT2D eigenvalue weighted by molar-refractivity contribution is -0.393. The third-order valence-electron chi connectivity index (χ3n) is 4.13. The Hall–Kier alpha value is -2.70. The van der Waals surface area contributed by atoms with Gasteiger partial charge in [-0.3, -0.25) is 20.2 Å². The summed E-state index contributed by atoms with van der Waals surface area (Å²) in [6.07, 6.45) is 0. The molecule has 12 heteroatoms. The van der Waals surface area contributed by atoms with E-state index in [1.807, 2.05) is 0 Å². The van der Waals surface area contributed by atoms with E-state index in [0.29, 0.717) is 4.90 Å². The van der Waals surface area contributed by atoms with Gasteiger partial charge >= 0.3 is 11.4 Å². The Morgan fingerprint density at radius 3 is 1.86 bits per heavy atom. The molecule has 0 heterocycles. The van der Waals surface area contributed by atoms with Crippen LogP contribution in [0.25, 0.3) is 0 Å². The molecule has 0 bridgehead atoms. The molecule has 0 N–H and O–H groups in total. The lowest BCUT2D eigenvalue weighted by Crippen LogP contribution is -2.25. The molecule has 2 rings (SSSR count). The first kappa shape index (κ1) is 22.6. The molecule has 0 aliphatic rings. The summed E-state index contributed by atoms with van der Waals surface area (Å²) in [6.45, 7) is 3.97. The quantitative estimate of drug-likeness (QED) is 0.328. The number of anilines is 1. The third-order valence-corrected chi connectivity index (χ3v) is 7.19. The van der Waals surface area contributed by atoms with Gasteiger partial charge in [-0.2, -0.15) is 0 Å². The first-order valence-electron chi connectivity index (χ1n) is 8.57. The summed E-state index contributed by atoms with van der Waals surface area (Å²) in [7, 11) is -2.96. The number of hydrogen-bond donors (Lipinski definition) is 0. The van der Waals surface area contributed by atoms with E-state index in [1.165, 1.54) is 11.9 Å². The Bertz CT molecular complexity index is 975. The zero-order valence-corrected chi connectivity index (χ0v) is 17.6. The van der Waals surface area contributed by atoms with Crippen molar-refractivity contribution >= 4 is 39.0 Å². The average Bonchev–Trinajstić information content (AvgIpc) is 2.69. The van der Waals surface area contributed by atoms with Crippen molar-refractivity contribution in [1.82, 2.24) is 3.71 Å². The maximum Gasteiger partial charge on any atom is 0.301 e. The number of nitro benzene ring substituents is 2. The summed E-state index contributed by atoms with van der Waals surface area (Å²) in [6, 6.07) is 10.4. The van der Waals surface area contributed by atoms with E-state index in [-0.39, 0.29) is 18.8 Å². The van der Waals surface area contributed by atoms with Crippen molar-refractivity contribution in [1.29, 1.82) is 0 Å². The average molecular weight is 441 g/mol. The maximum absolute atomic E-state index is 13.0. The predicted molar refractivity (Wildman–Crippen MR) is 111 cm³/mol. The van der Waals surface area contributed by atoms with E-state index in [4.69, 9.17) is 0 Å². The lowest BCUT2D eigenvalue weighted by atomic mass is 10.2. The second-order valence-corrected chi connectivity index (χ2v) is 9.22. The van der Waals surface area contributed by atoms with Crippen LogP contribution in [0.3, 0.4) is 0 Å². The third kappa shape index (κ3) is 4.83. The molecule has 0 aromatic heterocycles. The summed E-state index contributed by atoms with van der Waals surface area (Å²) >= 11 is 0.889. The van der Waals surface area contributed by atoms with Crippen molar-refractivity contribution < 1.29 is 18.3 Å². The summed E-state index contributed by atoms with van der Waals surface area (Å²) in [5.74, 6) is 0. The normalized spacial score (nSPS) is 11.4. The molecular weight excluding hydrogens is 420 g/mol. The first-order valence-corrected chi connectivity index (χ1v) is 10.8. The molecule has 0 atom stereocenters. The highest BCUT2D eigenvalue weighted by Gasteiger charge is 2.34. The highest BCUT2D eigenvalue weighted by atomic mass is 32.3. The second-order valence-electron chi connectivity index (χ2n) is 5.82. The van der Waals surface area contributed by atoms with Crippen LogP contribution in [0.15, 0.2) is 52.3 Å². The molecule has 0 radical (unpaired) electrons. The van der Waals surface area contributed by atoms with Crippen molar-refractivity contribution in [3.63, 3.8) is 0 Å². The molecule has 2 aromatic rings. The number of hydrogen-bond acceptors (Lipinski definition) is 8. The van der Waals surface area contributed by atoms with Crippen LogP contribution in [0, 0.1) is 20.2 Å². The summed E-state index contributed by atoms with van der Waals surface area (Å²) in [4.78, 5) is 23.2. The minimum Gasteiger partial charge on any atom is -0.361 e. The minimum atomic E-state index is -4.24. The fraction of sp³-hybridized carbons (Fsp3) is 0.294. The van der Waals surface area contributed by atoms with Crippen LogP contribution in [0.1, 0.15) is 13.8 Å². The van der Waals surface area contributed by atoms with Crippen molar-refractivity contribution in [3.8, 4) is 0 Å². The van der Waals surface area contributed by atoms with Gasteiger partial charge in [0.1, 0.15) is 0 Å². The molecule has 0 aliphatic carbocycles. The second kappa shape index (κ2) is 9.20. The lowest BCUT2D eigenvalue weighted by Gasteiger charge is -2.21. The van der Waals surface area contributed by atoms with Gasteiger partial charge in [0, 0.05) is 37.2 Å². The van der Waals surface area contributed by atoms with Gasteiger partial charge in [-0.1, -0.05) is 18.2 Å². The van der Waals surface area contributed by atoms with Crippen molar-refractivity contribution in [3.05, 3.63) is 62.7 Å². The van der Waals surface area contributed by atoms with E-state index < -0.39 is 36.1 Å². The van der Waals surface area contributed by atoms with E-state index >= 15 is 0 Å². The molecule has 2 aromatic carbocycles. The first-order chi connectivity index (χ1) is 13.6. The van der Waals surface area contributed by atoms with Crippen LogP contribution in [-0.2, 0) is 10.0 Å². The monoisotopic (exact) mass is 440 g/mol. The standard InChI is InChI=1S/C17H20N4O6S2/c1-4-19(5-2)17-15(20(22)23)11-14(12-16(17)21(24)25)29(26,27)18(3)28-13-9-7-6-8-10-13/h6-12H,4-5H2,1-3H3. The van der Waals surface area contributed by atoms with Crippen LogP contribution in [-0.4, -0.2) is 42.1 Å². The van der Waals surface area contributed by atoms with E-state index in [9.17, 15) is 28.6 Å². The molecule has 156 valence electrons. The summed E-state index contributed by atoms with van der Waals surface area (Å²) in [5.41, 5.74) is -1.46. The smallest absolute Gasteiger partial charge is 0.301 e. The van der Waals surface area contributed by atoms with Gasteiger partial charge in [-0.15, -0.1) is 3.71 Å². The number of rotatable bonds is 9. The Labute approximate surface area is 172 Å². The van der Waals surface area contributed by atoms with Crippen molar-refractivity contribution in [2.24, 2.45) is 0 Å². The van der Waals surface area contributed by atoms with Crippen molar-refractivity contribution in [2.45, 2.75) is 23.6 Å². The molecule has 10 nitrogen and oxygen atoms in total. The Balaban J connectivity index is 2.63. The van der Waals surface area contributed by atoms with Crippen LogP contribution >= 0.6 is 11.9 Å². The zero-order chi connectivity index (χ0) is 21.8. The molecule has 0 amide bonds. The van der Waals surface area contributed by atoms with E-state index in [0.717, 1.165) is 27.8 Å². The van der Waals surface area contributed by atoms with Gasteiger partial charge in [0.25, 0.3) is 10.0 Å². The number of benzene rings is 2. The number of nitrogens with zero attached hydrogens (tertiary/aromatic N) is 4. The summed E-state index contributed by atoms with van der Waals surface area (Å²) in [5, 5.41) is 23.2. The highest BCUT2D eigenvalue weighted by Crippen LogP contribution is 2.41. The Kier molecular flexibility index (Phi) is 7.16. The van der Waals surface area contributed by atoms with Crippen LogP contribution < -0.4 is 4.90 Å². The number of sulfonamides is 1. The molecule has 0 aliphatic heterocycles. The van der Waals surface area contributed by atoms with Crippen molar-refractivity contribution in [2.75, 3.05) is 25.0 Å². The van der Waals surface area contributed by atoms with Crippen LogP contribution in [0.5, 0.6) is 0 Å². The van der Waals surface area contributed by atoms with E-state index in [2.05, 4.69) is 0 Å². The zero-order valence-electron chi connectivity index (χ0n) is 16.0. The predicted octanol–water partition coefficient (Wildman–Crippen LogP) is 3.68. The summed E-state index contributed by atoms with van der Waals surface area (Å²) < 4.78 is 26.8. The highest BCUT2D eigenvalue weighted by molar-refractivity contribution is 8.08. The molecule has 0 unspecified atom stereocenters. The minimum absolute atomic E-state index is 0.206. The maximum atomic E-state index is 13.0. The number of nitro groups is 2. The van der Waals surface area contributed by atoms with Gasteiger partial charge in [-0.05, 0) is 37.9 Å². The molecule has 0 saturated heterocycles. The van der Waals surface area contributed by atoms with Crippen LogP contribution in [0.4, 0.5) is 17.1 Å². The van der Waals surface area contributed by atoms with Crippen LogP contribution in [0.2, 0.25) is 0 Å². The molecule has 0 saturated carbocycles. The van der Waals surface area contributed by atoms with Gasteiger partial charge in [0.05, 0.1) is 14.7 Å². The Morgan fingerprint density at radius 1 is 0.966 bits per heavy atom. The molecule has 0 spiro atoms. The molecular formula is C17H20N4O6S2. The van der Waals surface area contributed by atoms with E-state index in [1.54, 1.807) is 44.2 Å². The van der Waals surface area contributed by atoms with Gasteiger partial charge < -0.3 is 4.90 Å². The van der Waals surface area contributed by atoms with Gasteiger partial charge in [0.15, 0.2) is 5.69 Å². The molecule has 0 fully saturated rings. The largest absolute Gasteiger partial charge is 0.361 e.